The van der Waals surface area contributed by atoms with Crippen molar-refractivity contribution in [1.29, 1.82) is 0 Å². The molecule has 6 fully saturated rings. The van der Waals surface area contributed by atoms with Crippen LogP contribution in [-0.4, -0.2) is 30.4 Å². The Kier molecular flexibility index (Phi) is 6.19. The molecular weight excluding hydrogens is 472 g/mol. The van der Waals surface area contributed by atoms with Crippen LogP contribution in [0.5, 0.6) is 0 Å². The summed E-state index contributed by atoms with van der Waals surface area (Å²) in [6.45, 7) is 11.3. The third kappa shape index (κ3) is 3.75. The largest absolute Gasteiger partial charge is 0.366 e. The summed E-state index contributed by atoms with van der Waals surface area (Å²) in [5.74, 6) is 4.45. The van der Waals surface area contributed by atoms with E-state index in [9.17, 15) is 4.79 Å². The number of carbonyl (C=O) groups is 1. The molecule has 38 heavy (non-hydrogen) atoms. The number of rotatable bonds is 3. The van der Waals surface area contributed by atoms with Gasteiger partial charge < -0.3 is 14.2 Å². The van der Waals surface area contributed by atoms with Crippen LogP contribution in [0.3, 0.4) is 0 Å². The van der Waals surface area contributed by atoms with Crippen LogP contribution in [0.2, 0.25) is 0 Å². The predicted molar refractivity (Wildman–Crippen MR) is 147 cm³/mol. The molecule has 7 rings (SSSR count). The lowest BCUT2D eigenvalue weighted by molar-refractivity contribution is -0.273. The standard InChI is InChI=1S/C34H48O4/c1-21-12-15-34(37-19-21)22(2)31-29(38-34)17-27-25-11-10-24-16-28(35)30(36-20-23-8-6-5-7-9-23)18-33(24,4)26(25)13-14-32(27,31)3/h5-9,21-22,24-27,29-31H,10-20H2,1-4H3/t21?,22-,24-,25?,26?,27?,29?,30+,31?,32-,33-,34+/m0/s1. The molecule has 0 aromatic heterocycles. The Hall–Kier alpha value is -1.23. The molecule has 4 aliphatic carbocycles. The topological polar surface area (TPSA) is 44.8 Å². The highest BCUT2D eigenvalue weighted by atomic mass is 16.7. The van der Waals surface area contributed by atoms with Gasteiger partial charge in [-0.05, 0) is 96.8 Å². The fraction of sp³-hybridized carbons (Fsp3) is 0.794. The van der Waals surface area contributed by atoms with Crippen molar-refractivity contribution in [3.05, 3.63) is 35.9 Å². The zero-order valence-corrected chi connectivity index (χ0v) is 24.0. The van der Waals surface area contributed by atoms with Crippen LogP contribution in [0.1, 0.15) is 91.0 Å². The molecule has 0 bridgehead atoms. The van der Waals surface area contributed by atoms with Crippen LogP contribution in [0.25, 0.3) is 0 Å². The number of fused-ring (bicyclic) bond motifs is 7. The minimum atomic E-state index is -0.330. The monoisotopic (exact) mass is 520 g/mol. The lowest BCUT2D eigenvalue weighted by Gasteiger charge is -2.61. The van der Waals surface area contributed by atoms with Crippen molar-refractivity contribution in [2.24, 2.45) is 52.3 Å². The second-order valence-electron chi connectivity index (χ2n) is 14.8. The zero-order valence-electron chi connectivity index (χ0n) is 24.0. The van der Waals surface area contributed by atoms with Crippen molar-refractivity contribution in [2.45, 2.75) is 110 Å². The van der Waals surface area contributed by atoms with Crippen molar-refractivity contribution < 1.29 is 19.0 Å². The quantitative estimate of drug-likeness (QED) is 0.423. The molecule has 4 heteroatoms. The molecule has 4 nitrogen and oxygen atoms in total. The van der Waals surface area contributed by atoms with Gasteiger partial charge in [-0.3, -0.25) is 4.79 Å². The number of benzene rings is 1. The molecule has 4 saturated carbocycles. The van der Waals surface area contributed by atoms with Crippen molar-refractivity contribution >= 4 is 5.78 Å². The first-order valence-corrected chi connectivity index (χ1v) is 15.7. The summed E-state index contributed by atoms with van der Waals surface area (Å²) in [6, 6.07) is 10.3. The van der Waals surface area contributed by atoms with E-state index in [2.05, 4.69) is 39.8 Å². The summed E-state index contributed by atoms with van der Waals surface area (Å²) in [4.78, 5) is 13.2. The Morgan fingerprint density at radius 1 is 0.974 bits per heavy atom. The molecule has 0 N–H and O–H groups in total. The van der Waals surface area contributed by atoms with Gasteiger partial charge in [0.25, 0.3) is 0 Å². The molecule has 208 valence electrons. The molecule has 6 unspecified atom stereocenters. The lowest BCUT2D eigenvalue weighted by atomic mass is 9.44. The van der Waals surface area contributed by atoms with E-state index in [4.69, 9.17) is 14.2 Å². The molecule has 1 aromatic rings. The van der Waals surface area contributed by atoms with E-state index in [1.165, 1.54) is 38.5 Å². The SMILES string of the molecule is CC1CC[C@@]2(OC1)OC1CC3C4CC[C@H]5CC(=O)[C@H](OCc6ccccc6)C[C@]5(C)C4CC[C@]3(C)C1[C@@H]2C. The molecule has 2 saturated heterocycles. The highest BCUT2D eigenvalue weighted by Crippen LogP contribution is 2.71. The summed E-state index contributed by atoms with van der Waals surface area (Å²) in [5.41, 5.74) is 1.70. The van der Waals surface area contributed by atoms with Gasteiger partial charge in [-0.1, -0.05) is 58.0 Å². The first-order valence-electron chi connectivity index (χ1n) is 15.7. The highest BCUT2D eigenvalue weighted by molar-refractivity contribution is 5.84. The summed E-state index contributed by atoms with van der Waals surface area (Å²) >= 11 is 0. The molecule has 1 aromatic carbocycles. The second kappa shape index (κ2) is 9.14. The smallest absolute Gasteiger partial charge is 0.171 e. The summed E-state index contributed by atoms with van der Waals surface area (Å²) < 4.78 is 19.8. The minimum Gasteiger partial charge on any atom is -0.366 e. The molecule has 2 heterocycles. The van der Waals surface area contributed by atoms with Gasteiger partial charge in [0, 0.05) is 18.8 Å². The first kappa shape index (κ1) is 25.7. The van der Waals surface area contributed by atoms with Gasteiger partial charge in [0.1, 0.15) is 6.10 Å². The van der Waals surface area contributed by atoms with Crippen molar-refractivity contribution in [1.82, 2.24) is 0 Å². The molecular formula is C34H48O4. The molecule has 0 radical (unpaired) electrons. The van der Waals surface area contributed by atoms with Crippen LogP contribution in [-0.2, 0) is 25.6 Å². The van der Waals surface area contributed by atoms with Gasteiger partial charge in [0.2, 0.25) is 0 Å². The fourth-order valence-electron chi connectivity index (χ4n) is 11.0. The van der Waals surface area contributed by atoms with E-state index >= 15 is 0 Å². The Bertz CT molecular complexity index is 1050. The van der Waals surface area contributed by atoms with Gasteiger partial charge in [-0.25, -0.2) is 0 Å². The molecule has 2 aliphatic heterocycles. The Morgan fingerprint density at radius 2 is 1.79 bits per heavy atom. The van der Waals surface area contributed by atoms with Gasteiger partial charge in [-0.2, -0.15) is 0 Å². The maximum Gasteiger partial charge on any atom is 0.171 e. The second-order valence-corrected chi connectivity index (χ2v) is 14.8. The predicted octanol–water partition coefficient (Wildman–Crippen LogP) is 7.20. The van der Waals surface area contributed by atoms with E-state index in [0.29, 0.717) is 59.9 Å². The van der Waals surface area contributed by atoms with Gasteiger partial charge in [0.05, 0.1) is 19.3 Å². The fourth-order valence-corrected chi connectivity index (χ4v) is 11.0. The number of carbonyl (C=O) groups excluding carboxylic acids is 1. The van der Waals surface area contributed by atoms with Crippen LogP contribution in [0.4, 0.5) is 0 Å². The zero-order chi connectivity index (χ0) is 26.3. The number of ether oxygens (including phenoxy) is 3. The van der Waals surface area contributed by atoms with Gasteiger partial charge >= 0.3 is 0 Å². The summed E-state index contributed by atoms with van der Waals surface area (Å²) in [7, 11) is 0. The summed E-state index contributed by atoms with van der Waals surface area (Å²) in [6.07, 6.45) is 10.3. The molecule has 0 amide bonds. The van der Waals surface area contributed by atoms with Crippen molar-refractivity contribution in [3.8, 4) is 0 Å². The van der Waals surface area contributed by atoms with Crippen molar-refractivity contribution in [2.75, 3.05) is 6.61 Å². The number of hydrogen-bond donors (Lipinski definition) is 0. The number of ketones is 1. The van der Waals surface area contributed by atoms with E-state index < -0.39 is 0 Å². The molecule has 1 spiro atoms. The Morgan fingerprint density at radius 3 is 2.55 bits per heavy atom. The van der Waals surface area contributed by atoms with Gasteiger partial charge in [-0.15, -0.1) is 0 Å². The maximum absolute atomic E-state index is 13.2. The molecule has 6 aliphatic rings. The summed E-state index contributed by atoms with van der Waals surface area (Å²) in [5, 5.41) is 0. The van der Waals surface area contributed by atoms with E-state index in [0.717, 1.165) is 36.8 Å². The van der Waals surface area contributed by atoms with Crippen LogP contribution in [0, 0.1) is 52.3 Å². The van der Waals surface area contributed by atoms with E-state index in [-0.39, 0.29) is 17.3 Å². The Balaban J connectivity index is 1.09. The maximum atomic E-state index is 13.2. The van der Waals surface area contributed by atoms with Crippen molar-refractivity contribution in [3.63, 3.8) is 0 Å². The minimum absolute atomic E-state index is 0.202. The number of hydrogen-bond acceptors (Lipinski definition) is 4. The van der Waals surface area contributed by atoms with Crippen LogP contribution >= 0.6 is 0 Å². The lowest BCUT2D eigenvalue weighted by Crippen LogP contribution is -2.57. The van der Waals surface area contributed by atoms with Crippen LogP contribution in [0.15, 0.2) is 30.3 Å². The third-order valence-electron chi connectivity index (χ3n) is 13.1. The third-order valence-corrected chi connectivity index (χ3v) is 13.1. The normalized spacial score (nSPS) is 51.8. The van der Waals surface area contributed by atoms with Gasteiger partial charge in [0.15, 0.2) is 11.6 Å². The van der Waals surface area contributed by atoms with E-state index in [1.54, 1.807) is 0 Å². The molecule has 12 atom stereocenters. The van der Waals surface area contributed by atoms with Crippen LogP contribution < -0.4 is 0 Å². The highest BCUT2D eigenvalue weighted by Gasteiger charge is 2.69. The average molecular weight is 521 g/mol. The van der Waals surface area contributed by atoms with E-state index in [1.807, 2.05) is 18.2 Å². The Labute approximate surface area is 229 Å². The number of Topliss-reactive ketones (excluding diaryl/α,β-unsaturated/α-hetero) is 1. The first-order chi connectivity index (χ1) is 18.2. The average Bonchev–Trinajstić information content (AvgIpc) is 3.35.